The zero-order chi connectivity index (χ0) is 13.0. The van der Waals surface area contributed by atoms with Gasteiger partial charge in [0, 0.05) is 18.1 Å². The normalized spacial score (nSPS) is 26.2. The summed E-state index contributed by atoms with van der Waals surface area (Å²) in [5.74, 6) is 0.563. The van der Waals surface area contributed by atoms with E-state index in [4.69, 9.17) is 18.3 Å². The van der Waals surface area contributed by atoms with Gasteiger partial charge in [0.15, 0.2) is 0 Å². The van der Waals surface area contributed by atoms with Crippen molar-refractivity contribution in [1.82, 2.24) is 0 Å². The maximum Gasteiger partial charge on any atom is 0.343 e. The summed E-state index contributed by atoms with van der Waals surface area (Å²) in [5, 5.41) is 0. The minimum Gasteiger partial charge on any atom is -0.394 e. The highest BCUT2D eigenvalue weighted by atomic mass is 28.4. The molecule has 18 heavy (non-hydrogen) atoms. The molecule has 4 nitrogen and oxygen atoms in total. The largest absolute Gasteiger partial charge is 0.394 e. The standard InChI is InChI=1S/C13H26O4Si/c1-4-6-16-18(3,12-9-15-10-12)17-13(5-2)11-7-14-8-11/h11-13H,4-10H2,1-3H3. The molecule has 2 fully saturated rings. The van der Waals surface area contributed by atoms with E-state index < -0.39 is 8.56 Å². The van der Waals surface area contributed by atoms with Crippen LogP contribution in [-0.2, 0) is 18.3 Å². The van der Waals surface area contributed by atoms with Gasteiger partial charge in [-0.05, 0) is 19.4 Å². The van der Waals surface area contributed by atoms with Crippen LogP contribution in [0, 0.1) is 5.92 Å². The molecule has 0 aromatic rings. The third-order valence-corrected chi connectivity index (χ3v) is 7.31. The second-order valence-corrected chi connectivity index (χ2v) is 8.83. The quantitative estimate of drug-likeness (QED) is 0.637. The number of hydrogen-bond acceptors (Lipinski definition) is 4. The number of ether oxygens (including phenoxy) is 2. The lowest BCUT2D eigenvalue weighted by Gasteiger charge is -2.44. The van der Waals surface area contributed by atoms with Crippen molar-refractivity contribution in [3.63, 3.8) is 0 Å². The maximum absolute atomic E-state index is 6.45. The van der Waals surface area contributed by atoms with E-state index in [0.717, 1.165) is 45.9 Å². The van der Waals surface area contributed by atoms with Crippen molar-refractivity contribution in [3.8, 4) is 0 Å². The summed E-state index contributed by atoms with van der Waals surface area (Å²) < 4.78 is 23.2. The minimum absolute atomic E-state index is 0.299. The molecule has 0 saturated carbocycles. The number of hydrogen-bond donors (Lipinski definition) is 0. The minimum atomic E-state index is -2.10. The molecule has 0 aromatic heterocycles. The molecular formula is C13H26O4Si. The molecule has 2 aliphatic rings. The smallest absolute Gasteiger partial charge is 0.343 e. The Hall–Kier alpha value is 0.0569. The number of rotatable bonds is 8. The van der Waals surface area contributed by atoms with Gasteiger partial charge in [-0.2, -0.15) is 0 Å². The molecule has 2 heterocycles. The first-order chi connectivity index (χ1) is 8.69. The molecular weight excluding hydrogens is 248 g/mol. The molecule has 2 unspecified atom stereocenters. The molecule has 0 bridgehead atoms. The van der Waals surface area contributed by atoms with Crippen LogP contribution in [0.4, 0.5) is 0 Å². The lowest BCUT2D eigenvalue weighted by Crippen LogP contribution is -2.55. The van der Waals surface area contributed by atoms with Crippen LogP contribution >= 0.6 is 0 Å². The summed E-state index contributed by atoms with van der Waals surface area (Å²) >= 11 is 0. The Morgan fingerprint density at radius 3 is 2.22 bits per heavy atom. The molecule has 2 saturated heterocycles. The highest BCUT2D eigenvalue weighted by Crippen LogP contribution is 2.35. The van der Waals surface area contributed by atoms with Crippen LogP contribution in [0.5, 0.6) is 0 Å². The van der Waals surface area contributed by atoms with Gasteiger partial charge in [0.1, 0.15) is 0 Å². The van der Waals surface area contributed by atoms with E-state index in [9.17, 15) is 0 Å². The molecule has 0 N–H and O–H groups in total. The molecule has 0 spiro atoms. The first-order valence-corrected chi connectivity index (χ1v) is 9.56. The van der Waals surface area contributed by atoms with Gasteiger partial charge in [-0.3, -0.25) is 0 Å². The van der Waals surface area contributed by atoms with Crippen LogP contribution in [0.2, 0.25) is 12.1 Å². The van der Waals surface area contributed by atoms with Crippen molar-refractivity contribution in [3.05, 3.63) is 0 Å². The fourth-order valence-corrected chi connectivity index (χ4v) is 5.28. The predicted octanol–water partition coefficient (Wildman–Crippen LogP) is 2.33. The van der Waals surface area contributed by atoms with E-state index in [1.54, 1.807) is 0 Å². The summed E-state index contributed by atoms with van der Waals surface area (Å²) in [4.78, 5) is 0. The molecule has 106 valence electrons. The molecule has 0 aliphatic carbocycles. The predicted molar refractivity (Wildman–Crippen MR) is 71.9 cm³/mol. The van der Waals surface area contributed by atoms with Gasteiger partial charge < -0.3 is 18.3 Å². The van der Waals surface area contributed by atoms with E-state index in [2.05, 4.69) is 20.4 Å². The van der Waals surface area contributed by atoms with Crippen molar-refractivity contribution in [2.75, 3.05) is 33.0 Å². The highest BCUT2D eigenvalue weighted by Gasteiger charge is 2.48. The van der Waals surface area contributed by atoms with Gasteiger partial charge in [-0.25, -0.2) is 0 Å². The summed E-state index contributed by atoms with van der Waals surface area (Å²) in [6.45, 7) is 10.6. The Balaban J connectivity index is 1.93. The van der Waals surface area contributed by atoms with Crippen molar-refractivity contribution in [1.29, 1.82) is 0 Å². The van der Waals surface area contributed by atoms with Gasteiger partial charge in [0.2, 0.25) is 0 Å². The third kappa shape index (κ3) is 3.14. The van der Waals surface area contributed by atoms with Gasteiger partial charge in [0.25, 0.3) is 0 Å². The topological polar surface area (TPSA) is 36.9 Å². The zero-order valence-corrected chi connectivity index (χ0v) is 12.8. The molecule has 0 amide bonds. The average Bonchev–Trinajstić information content (AvgIpc) is 2.20. The van der Waals surface area contributed by atoms with Gasteiger partial charge in [0.05, 0.1) is 32.5 Å². The van der Waals surface area contributed by atoms with Crippen molar-refractivity contribution in [2.24, 2.45) is 5.92 Å². The van der Waals surface area contributed by atoms with Gasteiger partial charge in [-0.15, -0.1) is 0 Å². The Bertz CT molecular complexity index is 255. The van der Waals surface area contributed by atoms with Crippen molar-refractivity contribution < 1.29 is 18.3 Å². The summed E-state index contributed by atoms with van der Waals surface area (Å²) in [7, 11) is -2.10. The molecule has 2 aliphatic heterocycles. The third-order valence-electron chi connectivity index (χ3n) is 3.95. The molecule has 0 aromatic carbocycles. The lowest BCUT2D eigenvalue weighted by molar-refractivity contribution is -0.0970. The van der Waals surface area contributed by atoms with E-state index in [0.29, 0.717) is 17.6 Å². The molecule has 5 heteroatoms. The Morgan fingerprint density at radius 2 is 1.83 bits per heavy atom. The molecule has 2 atom stereocenters. The van der Waals surface area contributed by atoms with Crippen LogP contribution in [0.1, 0.15) is 26.7 Å². The first-order valence-electron chi connectivity index (χ1n) is 7.16. The summed E-state index contributed by atoms with van der Waals surface area (Å²) in [6.07, 6.45) is 2.38. The Kier molecular flexibility index (Phi) is 5.21. The van der Waals surface area contributed by atoms with Gasteiger partial charge in [-0.1, -0.05) is 13.8 Å². The van der Waals surface area contributed by atoms with Crippen LogP contribution < -0.4 is 0 Å². The van der Waals surface area contributed by atoms with E-state index in [1.807, 2.05) is 0 Å². The van der Waals surface area contributed by atoms with Crippen molar-refractivity contribution >= 4 is 8.56 Å². The Labute approximate surface area is 111 Å². The van der Waals surface area contributed by atoms with E-state index in [1.165, 1.54) is 0 Å². The van der Waals surface area contributed by atoms with E-state index >= 15 is 0 Å². The van der Waals surface area contributed by atoms with E-state index in [-0.39, 0.29) is 0 Å². The van der Waals surface area contributed by atoms with Gasteiger partial charge >= 0.3 is 8.56 Å². The molecule has 0 radical (unpaired) electrons. The lowest BCUT2D eigenvalue weighted by atomic mass is 9.99. The SMILES string of the molecule is CCCO[Si](C)(OC(CC)C1COC1)C1COC1. The van der Waals surface area contributed by atoms with Crippen molar-refractivity contribution in [2.45, 2.75) is 44.9 Å². The zero-order valence-electron chi connectivity index (χ0n) is 11.8. The summed E-state index contributed by atoms with van der Waals surface area (Å²) in [6, 6.07) is 0. The van der Waals surface area contributed by atoms with Crippen LogP contribution in [-0.4, -0.2) is 47.7 Å². The fourth-order valence-electron chi connectivity index (χ4n) is 2.37. The summed E-state index contributed by atoms with van der Waals surface area (Å²) in [5.41, 5.74) is 0.499. The monoisotopic (exact) mass is 274 g/mol. The fraction of sp³-hybridized carbons (Fsp3) is 1.00. The second kappa shape index (κ2) is 6.48. The van der Waals surface area contributed by atoms with Crippen LogP contribution in [0.3, 0.4) is 0 Å². The van der Waals surface area contributed by atoms with Crippen LogP contribution in [0.25, 0.3) is 0 Å². The maximum atomic E-state index is 6.45. The first kappa shape index (κ1) is 14.5. The van der Waals surface area contributed by atoms with Crippen LogP contribution in [0.15, 0.2) is 0 Å². The Morgan fingerprint density at radius 1 is 1.17 bits per heavy atom. The average molecular weight is 274 g/mol. The second-order valence-electron chi connectivity index (χ2n) is 5.46. The molecule has 2 rings (SSSR count). The highest BCUT2D eigenvalue weighted by molar-refractivity contribution is 6.68.